The lowest BCUT2D eigenvalue weighted by Crippen LogP contribution is -2.28. The Kier molecular flexibility index (Phi) is 4.57. The Hall–Kier alpha value is -3.07. The van der Waals surface area contributed by atoms with Crippen LogP contribution in [0.5, 0.6) is 0 Å². The van der Waals surface area contributed by atoms with Crippen LogP contribution >= 0.6 is 11.8 Å². The molecule has 2 N–H and O–H groups in total. The molecule has 25 heavy (non-hydrogen) atoms. The van der Waals surface area contributed by atoms with Crippen molar-refractivity contribution in [1.29, 1.82) is 0 Å². The van der Waals surface area contributed by atoms with Crippen molar-refractivity contribution in [3.63, 3.8) is 0 Å². The smallest absolute Gasteiger partial charge is 0.335 e. The van der Waals surface area contributed by atoms with Gasteiger partial charge in [0.25, 0.3) is 5.69 Å². The summed E-state index contributed by atoms with van der Waals surface area (Å²) in [6.07, 6.45) is 1.89. The molecule has 0 fully saturated rings. The standard InChI is InChI=1S/C16H14N4O4S/c1-19-5-6-25-16(19)18-14-9-11(15(21)22)8-13(17-14)10-3-2-4-12(7-10)20(23)24/h2-9,16H,1H3,(H,17,18)(H,21,22). The van der Waals surface area contributed by atoms with Gasteiger partial charge in [-0.2, -0.15) is 0 Å². The van der Waals surface area contributed by atoms with Crippen LogP contribution in [0.4, 0.5) is 11.5 Å². The summed E-state index contributed by atoms with van der Waals surface area (Å²) in [4.78, 5) is 28.2. The maximum atomic E-state index is 11.4. The number of carboxylic acids is 1. The Morgan fingerprint density at radius 3 is 2.84 bits per heavy atom. The highest BCUT2D eigenvalue weighted by Gasteiger charge is 2.18. The topological polar surface area (TPSA) is 109 Å². The Morgan fingerprint density at radius 2 is 2.20 bits per heavy atom. The van der Waals surface area contributed by atoms with Gasteiger partial charge in [-0.25, -0.2) is 9.78 Å². The molecule has 9 heteroatoms. The van der Waals surface area contributed by atoms with Gasteiger partial charge in [-0.15, -0.1) is 0 Å². The number of aromatic nitrogens is 1. The second-order valence-corrected chi connectivity index (χ2v) is 6.31. The van der Waals surface area contributed by atoms with Crippen LogP contribution < -0.4 is 5.32 Å². The van der Waals surface area contributed by atoms with E-state index in [0.717, 1.165) is 0 Å². The molecule has 1 aromatic heterocycles. The second kappa shape index (κ2) is 6.81. The molecule has 3 rings (SSSR count). The molecule has 1 unspecified atom stereocenters. The molecule has 1 atom stereocenters. The fourth-order valence-corrected chi connectivity index (χ4v) is 3.16. The Labute approximate surface area is 147 Å². The van der Waals surface area contributed by atoms with Crippen molar-refractivity contribution in [1.82, 2.24) is 9.88 Å². The number of nitro benzene ring substituents is 1. The summed E-state index contributed by atoms with van der Waals surface area (Å²) in [5.74, 6) is -0.711. The number of rotatable bonds is 5. The maximum Gasteiger partial charge on any atom is 0.335 e. The lowest BCUT2D eigenvalue weighted by Gasteiger charge is -2.22. The summed E-state index contributed by atoms with van der Waals surface area (Å²) in [6.45, 7) is 0. The number of anilines is 1. The predicted octanol–water partition coefficient (Wildman–Crippen LogP) is 3.20. The van der Waals surface area contributed by atoms with Crippen LogP contribution in [0.3, 0.4) is 0 Å². The third kappa shape index (κ3) is 3.72. The summed E-state index contributed by atoms with van der Waals surface area (Å²) in [7, 11) is 1.89. The number of carboxylic acid groups (broad SMARTS) is 1. The first kappa shape index (κ1) is 16.8. The van der Waals surface area contributed by atoms with Crippen LogP contribution in [-0.2, 0) is 0 Å². The molecular formula is C16H14N4O4S. The van der Waals surface area contributed by atoms with Crippen molar-refractivity contribution < 1.29 is 14.8 Å². The van der Waals surface area contributed by atoms with Crippen LogP contribution in [0.15, 0.2) is 48.0 Å². The monoisotopic (exact) mass is 358 g/mol. The number of nitrogens with zero attached hydrogens (tertiary/aromatic N) is 3. The number of thioether (sulfide) groups is 1. The van der Waals surface area contributed by atoms with Gasteiger partial charge in [0.1, 0.15) is 5.82 Å². The average molecular weight is 358 g/mol. The molecule has 1 aromatic carbocycles. The summed E-state index contributed by atoms with van der Waals surface area (Å²) >= 11 is 1.53. The highest BCUT2D eigenvalue weighted by atomic mass is 32.2. The van der Waals surface area contributed by atoms with E-state index in [2.05, 4.69) is 10.3 Å². The molecule has 0 aliphatic carbocycles. The van der Waals surface area contributed by atoms with E-state index in [4.69, 9.17) is 0 Å². The van der Waals surface area contributed by atoms with E-state index in [1.54, 1.807) is 12.1 Å². The number of carbonyl (C=O) groups is 1. The van der Waals surface area contributed by atoms with E-state index >= 15 is 0 Å². The highest BCUT2D eigenvalue weighted by Crippen LogP contribution is 2.28. The van der Waals surface area contributed by atoms with Crippen molar-refractivity contribution in [3.8, 4) is 11.3 Å². The van der Waals surface area contributed by atoms with Gasteiger partial charge in [-0.3, -0.25) is 10.1 Å². The van der Waals surface area contributed by atoms with E-state index in [1.807, 2.05) is 23.6 Å². The van der Waals surface area contributed by atoms with Gasteiger partial charge >= 0.3 is 5.97 Å². The van der Waals surface area contributed by atoms with Gasteiger partial charge in [0.2, 0.25) is 0 Å². The van der Waals surface area contributed by atoms with Crippen molar-refractivity contribution in [2.24, 2.45) is 0 Å². The normalized spacial score (nSPS) is 16.0. The second-order valence-electron chi connectivity index (χ2n) is 5.32. The van der Waals surface area contributed by atoms with Crippen molar-refractivity contribution >= 4 is 29.2 Å². The molecule has 128 valence electrons. The van der Waals surface area contributed by atoms with E-state index in [9.17, 15) is 20.0 Å². The minimum absolute atomic E-state index is 0.0533. The fraction of sp³-hybridized carbons (Fsp3) is 0.125. The molecule has 0 saturated carbocycles. The molecular weight excluding hydrogens is 344 g/mol. The number of nitrogens with one attached hydrogen (secondary N) is 1. The number of pyridine rings is 1. The zero-order valence-corrected chi connectivity index (χ0v) is 13.9. The number of hydrogen-bond acceptors (Lipinski definition) is 7. The minimum atomic E-state index is -1.09. The van der Waals surface area contributed by atoms with Crippen LogP contribution in [0.1, 0.15) is 10.4 Å². The minimum Gasteiger partial charge on any atom is -0.478 e. The lowest BCUT2D eigenvalue weighted by atomic mass is 10.1. The van der Waals surface area contributed by atoms with Crippen LogP contribution in [0.25, 0.3) is 11.3 Å². The molecule has 0 radical (unpaired) electrons. The van der Waals surface area contributed by atoms with E-state index in [1.165, 1.54) is 36.0 Å². The van der Waals surface area contributed by atoms with Gasteiger partial charge in [-0.1, -0.05) is 23.9 Å². The average Bonchev–Trinajstić information content (AvgIpc) is 2.99. The van der Waals surface area contributed by atoms with Gasteiger partial charge < -0.3 is 15.3 Å². The fourth-order valence-electron chi connectivity index (χ4n) is 2.30. The number of non-ortho nitro benzene ring substituents is 1. The zero-order chi connectivity index (χ0) is 18.0. The molecule has 1 aliphatic heterocycles. The summed E-state index contributed by atoms with van der Waals surface area (Å²) < 4.78 is 0. The van der Waals surface area contributed by atoms with Crippen LogP contribution in [-0.4, -0.2) is 38.4 Å². The molecule has 0 spiro atoms. The molecule has 0 saturated heterocycles. The SMILES string of the molecule is CN1C=CSC1Nc1cc(C(=O)O)cc(-c2cccc([N+](=O)[O-])c2)n1. The van der Waals surface area contributed by atoms with Gasteiger partial charge in [-0.05, 0) is 17.5 Å². The molecule has 2 heterocycles. The van der Waals surface area contributed by atoms with Crippen molar-refractivity contribution in [2.75, 3.05) is 12.4 Å². The molecule has 1 aliphatic rings. The van der Waals surface area contributed by atoms with Gasteiger partial charge in [0.05, 0.1) is 16.2 Å². The first-order chi connectivity index (χ1) is 11.9. The Bertz CT molecular complexity index is 871. The first-order valence-corrected chi connectivity index (χ1v) is 8.19. The quantitative estimate of drug-likeness (QED) is 0.619. The Morgan fingerprint density at radius 1 is 1.40 bits per heavy atom. The van der Waals surface area contributed by atoms with Crippen molar-refractivity contribution in [3.05, 3.63) is 63.7 Å². The summed E-state index contributed by atoms with van der Waals surface area (Å²) in [5.41, 5.74) is 0.701. The predicted molar refractivity (Wildman–Crippen MR) is 95.2 cm³/mol. The van der Waals surface area contributed by atoms with Crippen LogP contribution in [0.2, 0.25) is 0 Å². The Balaban J connectivity index is 1.99. The van der Waals surface area contributed by atoms with Gasteiger partial charge in [0, 0.05) is 30.9 Å². The summed E-state index contributed by atoms with van der Waals surface area (Å²) in [5, 5.41) is 25.4. The number of benzene rings is 1. The number of aromatic carboxylic acids is 1. The first-order valence-electron chi connectivity index (χ1n) is 7.25. The summed E-state index contributed by atoms with van der Waals surface area (Å²) in [6, 6.07) is 8.78. The molecule has 8 nitrogen and oxygen atoms in total. The number of nitro groups is 1. The number of hydrogen-bond donors (Lipinski definition) is 2. The van der Waals surface area contributed by atoms with E-state index < -0.39 is 10.9 Å². The third-order valence-corrected chi connectivity index (χ3v) is 4.56. The lowest BCUT2D eigenvalue weighted by molar-refractivity contribution is -0.384. The van der Waals surface area contributed by atoms with E-state index in [-0.39, 0.29) is 16.7 Å². The van der Waals surface area contributed by atoms with E-state index in [0.29, 0.717) is 17.1 Å². The molecule has 2 aromatic rings. The molecule has 0 bridgehead atoms. The molecule has 0 amide bonds. The highest BCUT2D eigenvalue weighted by molar-refractivity contribution is 8.03. The largest absolute Gasteiger partial charge is 0.478 e. The van der Waals surface area contributed by atoms with Crippen LogP contribution in [0, 0.1) is 10.1 Å². The zero-order valence-electron chi connectivity index (χ0n) is 13.1. The maximum absolute atomic E-state index is 11.4. The third-order valence-electron chi connectivity index (χ3n) is 3.57. The van der Waals surface area contributed by atoms with Crippen molar-refractivity contribution in [2.45, 2.75) is 5.50 Å². The van der Waals surface area contributed by atoms with Gasteiger partial charge in [0.15, 0.2) is 5.50 Å².